The molecule has 1 aliphatic heterocycles. The summed E-state index contributed by atoms with van der Waals surface area (Å²) < 4.78 is 0. The number of carbonyl (C=O) groups is 2. The number of likely N-dealkylation sites (tertiary alicyclic amines) is 1. The second kappa shape index (κ2) is 15.1. The van der Waals surface area contributed by atoms with Crippen LogP contribution in [0.25, 0.3) is 0 Å². The molecule has 0 aliphatic carbocycles. The molecule has 0 spiro atoms. The number of hydrogen-bond donors (Lipinski definition) is 0. The van der Waals surface area contributed by atoms with Gasteiger partial charge in [-0.3, -0.25) is 9.59 Å². The Labute approximate surface area is 216 Å². The highest BCUT2D eigenvalue weighted by molar-refractivity contribution is 6.35. The highest BCUT2D eigenvalue weighted by Gasteiger charge is 2.29. The minimum Gasteiger partial charge on any atom is -0.340 e. The van der Waals surface area contributed by atoms with Gasteiger partial charge in [0.2, 0.25) is 5.91 Å². The molecule has 1 amide bonds. The molecule has 1 atom stereocenters. The van der Waals surface area contributed by atoms with E-state index in [0.29, 0.717) is 41.5 Å². The lowest BCUT2D eigenvalue weighted by molar-refractivity contribution is -0.134. The van der Waals surface area contributed by atoms with Gasteiger partial charge < -0.3 is 9.80 Å². The molecular formula is C27H43Cl2N3O2. The number of Topliss-reactive ketones (excluding diaryl/α,β-unsaturated/α-hetero) is 1. The third-order valence-corrected chi connectivity index (χ3v) is 7.51. The van der Waals surface area contributed by atoms with Crippen LogP contribution in [0.3, 0.4) is 0 Å². The third-order valence-electron chi connectivity index (χ3n) is 7.05. The number of amides is 1. The van der Waals surface area contributed by atoms with Gasteiger partial charge in [-0.1, -0.05) is 56.3 Å². The maximum absolute atomic E-state index is 12.8. The zero-order valence-electron chi connectivity index (χ0n) is 21.5. The van der Waals surface area contributed by atoms with Crippen LogP contribution in [0.1, 0.15) is 107 Å². The molecule has 7 heteroatoms. The van der Waals surface area contributed by atoms with Crippen LogP contribution < -0.4 is 0 Å². The third kappa shape index (κ3) is 8.80. The number of hydrogen-bond acceptors (Lipinski definition) is 4. The van der Waals surface area contributed by atoms with Gasteiger partial charge in [0, 0.05) is 44.6 Å². The van der Waals surface area contributed by atoms with Crippen molar-refractivity contribution in [1.29, 1.82) is 0 Å². The minimum absolute atomic E-state index is 0.0331. The predicted molar refractivity (Wildman–Crippen MR) is 142 cm³/mol. The van der Waals surface area contributed by atoms with Gasteiger partial charge in [-0.25, -0.2) is 4.98 Å². The van der Waals surface area contributed by atoms with Crippen LogP contribution in [-0.4, -0.2) is 58.2 Å². The number of nitrogens with zero attached hydrogens (tertiary/aromatic N) is 3. The normalized spacial score (nSPS) is 15.9. The summed E-state index contributed by atoms with van der Waals surface area (Å²) in [6.45, 7) is 11.3. The van der Waals surface area contributed by atoms with E-state index in [-0.39, 0.29) is 10.9 Å². The maximum atomic E-state index is 12.8. The number of aromatic nitrogens is 1. The summed E-state index contributed by atoms with van der Waals surface area (Å²) in [6, 6.07) is 2.47. The number of carbonyl (C=O) groups excluding carboxylic acids is 2. The first-order chi connectivity index (χ1) is 16.3. The van der Waals surface area contributed by atoms with Gasteiger partial charge >= 0.3 is 0 Å². The van der Waals surface area contributed by atoms with Crippen molar-refractivity contribution in [2.45, 2.75) is 110 Å². The molecule has 0 aromatic carbocycles. The summed E-state index contributed by atoms with van der Waals surface area (Å²) in [6.07, 6.45) is 10.7. The van der Waals surface area contributed by atoms with E-state index in [1.807, 2.05) is 6.92 Å². The molecule has 2 heterocycles. The van der Waals surface area contributed by atoms with Crippen molar-refractivity contribution in [3.8, 4) is 0 Å². The van der Waals surface area contributed by atoms with Crippen LogP contribution in [-0.2, 0) is 4.79 Å². The summed E-state index contributed by atoms with van der Waals surface area (Å²) in [5.74, 6) is 0.361. The number of piperidine rings is 1. The Balaban J connectivity index is 1.81. The molecule has 1 fully saturated rings. The molecular weight excluding hydrogens is 469 g/mol. The molecule has 0 radical (unpaired) electrons. The average Bonchev–Trinajstić information content (AvgIpc) is 2.78. The van der Waals surface area contributed by atoms with Crippen LogP contribution >= 0.6 is 23.2 Å². The number of unbranched alkanes of at least 4 members (excludes halogenated alkanes) is 3. The lowest BCUT2D eigenvalue weighted by Gasteiger charge is -2.41. The predicted octanol–water partition coefficient (Wildman–Crippen LogP) is 7.11. The van der Waals surface area contributed by atoms with E-state index in [9.17, 15) is 9.59 Å². The van der Waals surface area contributed by atoms with Crippen molar-refractivity contribution in [2.75, 3.05) is 19.6 Å². The molecule has 0 bridgehead atoms. The summed E-state index contributed by atoms with van der Waals surface area (Å²) in [4.78, 5) is 34.2. The quantitative estimate of drug-likeness (QED) is 0.151. The molecule has 1 aromatic rings. The monoisotopic (exact) mass is 511 g/mol. The number of aryl methyl sites for hydroxylation is 1. The van der Waals surface area contributed by atoms with Crippen molar-refractivity contribution in [3.05, 3.63) is 27.5 Å². The van der Waals surface area contributed by atoms with E-state index in [1.165, 1.54) is 19.3 Å². The fraction of sp³-hybridized carbons (Fsp3) is 0.741. The van der Waals surface area contributed by atoms with Crippen LogP contribution in [0.4, 0.5) is 0 Å². The molecule has 5 nitrogen and oxygen atoms in total. The summed E-state index contributed by atoms with van der Waals surface area (Å²) in [5, 5.41) is 0.508. The largest absolute Gasteiger partial charge is 0.340 e. The molecule has 0 unspecified atom stereocenters. The second-order valence-corrected chi connectivity index (χ2v) is 10.5. The van der Waals surface area contributed by atoms with Gasteiger partial charge in [0.1, 0.15) is 10.3 Å². The van der Waals surface area contributed by atoms with Crippen LogP contribution in [0.5, 0.6) is 0 Å². The first-order valence-electron chi connectivity index (χ1n) is 13.2. The van der Waals surface area contributed by atoms with Crippen molar-refractivity contribution >= 4 is 34.9 Å². The maximum Gasteiger partial charge on any atom is 0.222 e. The topological polar surface area (TPSA) is 53.5 Å². The molecule has 0 N–H and O–H groups in total. The number of ketones is 1. The van der Waals surface area contributed by atoms with Crippen LogP contribution in [0.15, 0.2) is 6.07 Å². The van der Waals surface area contributed by atoms with E-state index >= 15 is 0 Å². The Kier molecular flexibility index (Phi) is 12.9. The van der Waals surface area contributed by atoms with E-state index in [1.54, 1.807) is 6.07 Å². The summed E-state index contributed by atoms with van der Waals surface area (Å²) in [5.41, 5.74) is 1.28. The average molecular weight is 513 g/mol. The SMILES string of the molecule is CCCCCCN(C(=O)CCC)C1CCN([C@H](C)CCCC(=O)c2c(C)cc(Cl)nc2Cl)CC1. The second-order valence-electron chi connectivity index (χ2n) is 9.76. The summed E-state index contributed by atoms with van der Waals surface area (Å²) in [7, 11) is 0. The van der Waals surface area contributed by atoms with E-state index in [2.05, 4.69) is 35.6 Å². The molecule has 192 valence electrons. The van der Waals surface area contributed by atoms with Gasteiger partial charge in [-0.15, -0.1) is 0 Å². The Morgan fingerprint density at radius 3 is 2.41 bits per heavy atom. The minimum atomic E-state index is 0.0331. The lowest BCUT2D eigenvalue weighted by atomic mass is 9.97. The van der Waals surface area contributed by atoms with Gasteiger partial charge in [0.15, 0.2) is 5.78 Å². The molecule has 34 heavy (non-hydrogen) atoms. The Morgan fingerprint density at radius 2 is 1.79 bits per heavy atom. The highest BCUT2D eigenvalue weighted by atomic mass is 35.5. The molecule has 2 rings (SSSR count). The van der Waals surface area contributed by atoms with Crippen molar-refractivity contribution in [1.82, 2.24) is 14.8 Å². The Morgan fingerprint density at radius 1 is 1.09 bits per heavy atom. The van der Waals surface area contributed by atoms with Gasteiger partial charge in [-0.2, -0.15) is 0 Å². The fourth-order valence-electron chi connectivity index (χ4n) is 5.01. The first-order valence-corrected chi connectivity index (χ1v) is 13.9. The molecule has 1 saturated heterocycles. The van der Waals surface area contributed by atoms with Crippen LogP contribution in [0.2, 0.25) is 10.3 Å². The van der Waals surface area contributed by atoms with Gasteiger partial charge in [0.05, 0.1) is 5.56 Å². The highest BCUT2D eigenvalue weighted by Crippen LogP contribution is 2.25. The molecule has 1 aliphatic rings. The van der Waals surface area contributed by atoms with Crippen molar-refractivity contribution < 1.29 is 9.59 Å². The van der Waals surface area contributed by atoms with E-state index < -0.39 is 0 Å². The zero-order valence-corrected chi connectivity index (χ0v) is 23.1. The van der Waals surface area contributed by atoms with E-state index in [0.717, 1.165) is 63.7 Å². The number of pyridine rings is 1. The molecule has 0 saturated carbocycles. The van der Waals surface area contributed by atoms with Gasteiger partial charge in [-0.05, 0) is 64.0 Å². The zero-order chi connectivity index (χ0) is 25.1. The molecule has 1 aromatic heterocycles. The van der Waals surface area contributed by atoms with Crippen LogP contribution in [0, 0.1) is 6.92 Å². The van der Waals surface area contributed by atoms with Gasteiger partial charge in [0.25, 0.3) is 0 Å². The number of halogens is 2. The van der Waals surface area contributed by atoms with Crippen molar-refractivity contribution in [3.63, 3.8) is 0 Å². The standard InChI is InChI=1S/C27H43Cl2N3O2/c1-5-7-8-9-16-32(25(34)11-6-2)22-14-17-31(18-15-22)21(4)12-10-13-23(33)26-20(3)19-24(28)30-27(26)29/h19,21-22H,5-18H2,1-4H3/t21-/m1/s1. The van der Waals surface area contributed by atoms with Crippen molar-refractivity contribution in [2.24, 2.45) is 0 Å². The lowest BCUT2D eigenvalue weighted by Crippen LogP contribution is -2.49. The first kappa shape index (κ1) is 29.1. The van der Waals surface area contributed by atoms with E-state index in [4.69, 9.17) is 23.2 Å². The summed E-state index contributed by atoms with van der Waals surface area (Å²) >= 11 is 12.1. The Bertz CT molecular complexity index is 771. The fourth-order valence-corrected chi connectivity index (χ4v) is 5.65. The Hall–Kier alpha value is -1.17. The number of rotatable bonds is 14. The smallest absolute Gasteiger partial charge is 0.222 e.